The molecule has 0 radical (unpaired) electrons. The molecule has 21 heavy (non-hydrogen) atoms. The van der Waals surface area contributed by atoms with Gasteiger partial charge in [0.15, 0.2) is 0 Å². The monoisotopic (exact) mass is 296 g/mol. The van der Waals surface area contributed by atoms with Gasteiger partial charge >= 0.3 is 0 Å². The molecule has 0 spiro atoms. The van der Waals surface area contributed by atoms with Crippen LogP contribution in [0.25, 0.3) is 0 Å². The third-order valence-electron chi connectivity index (χ3n) is 5.02. The van der Waals surface area contributed by atoms with E-state index in [0.717, 1.165) is 39.0 Å². The Kier molecular flexibility index (Phi) is 6.97. The van der Waals surface area contributed by atoms with Crippen molar-refractivity contribution in [1.82, 2.24) is 9.80 Å². The first kappa shape index (κ1) is 16.8. The molecular formula is C17H32N2O2. The molecule has 2 aliphatic rings. The maximum Gasteiger partial charge on any atom is 0.225 e. The molecule has 0 aliphatic carbocycles. The number of ether oxygens (including phenoxy) is 1. The van der Waals surface area contributed by atoms with Crippen LogP contribution in [0.1, 0.15) is 51.9 Å². The summed E-state index contributed by atoms with van der Waals surface area (Å²) in [4.78, 5) is 17.3. The van der Waals surface area contributed by atoms with E-state index >= 15 is 0 Å². The minimum atomic E-state index is 0.139. The fourth-order valence-electron chi connectivity index (χ4n) is 3.71. The molecule has 4 nitrogen and oxygen atoms in total. The smallest absolute Gasteiger partial charge is 0.225 e. The number of carbonyl (C=O) groups excluding carboxylic acids is 1. The van der Waals surface area contributed by atoms with Gasteiger partial charge in [-0.15, -0.1) is 0 Å². The van der Waals surface area contributed by atoms with Crippen LogP contribution in [0.3, 0.4) is 0 Å². The number of methoxy groups -OCH3 is 1. The molecule has 0 unspecified atom stereocenters. The molecule has 122 valence electrons. The Balaban J connectivity index is 1.80. The van der Waals surface area contributed by atoms with Gasteiger partial charge in [0.1, 0.15) is 0 Å². The quantitative estimate of drug-likeness (QED) is 0.706. The van der Waals surface area contributed by atoms with Crippen molar-refractivity contribution in [2.24, 2.45) is 5.92 Å². The normalized spacial score (nSPS) is 25.8. The van der Waals surface area contributed by atoms with Crippen LogP contribution in [-0.4, -0.2) is 61.6 Å². The molecule has 2 heterocycles. The van der Waals surface area contributed by atoms with E-state index in [1.165, 1.54) is 38.8 Å². The second kappa shape index (κ2) is 8.74. The van der Waals surface area contributed by atoms with Gasteiger partial charge in [0.05, 0.1) is 0 Å². The summed E-state index contributed by atoms with van der Waals surface area (Å²) in [5, 5.41) is 0. The molecule has 2 fully saturated rings. The standard InChI is InChI=1S/C17H32N2O2/c1-15(8-7-13-21-2)17(20)19-12-6-9-16(14-19)18-10-4-3-5-11-18/h15-16H,3-14H2,1-2H3/t15-,16-/m0/s1. The van der Waals surface area contributed by atoms with E-state index < -0.39 is 0 Å². The topological polar surface area (TPSA) is 32.8 Å². The molecule has 0 aromatic carbocycles. The molecule has 2 aliphatic heterocycles. The van der Waals surface area contributed by atoms with Crippen LogP contribution >= 0.6 is 0 Å². The maximum atomic E-state index is 12.6. The molecule has 1 amide bonds. The third kappa shape index (κ3) is 4.96. The van der Waals surface area contributed by atoms with Crippen molar-refractivity contribution in [2.45, 2.75) is 57.9 Å². The first-order chi connectivity index (χ1) is 10.2. The van der Waals surface area contributed by atoms with Crippen molar-refractivity contribution in [2.75, 3.05) is 39.9 Å². The SMILES string of the molecule is COCCC[C@H](C)C(=O)N1CCC[C@H](N2CCCCC2)C1. The van der Waals surface area contributed by atoms with Crippen LogP contribution in [0, 0.1) is 5.92 Å². The van der Waals surface area contributed by atoms with Crippen molar-refractivity contribution >= 4 is 5.91 Å². The van der Waals surface area contributed by atoms with E-state index in [0.29, 0.717) is 11.9 Å². The van der Waals surface area contributed by atoms with Gasteiger partial charge in [0, 0.05) is 38.8 Å². The highest BCUT2D eigenvalue weighted by Crippen LogP contribution is 2.22. The van der Waals surface area contributed by atoms with Crippen LogP contribution in [0.5, 0.6) is 0 Å². The highest BCUT2D eigenvalue weighted by Gasteiger charge is 2.30. The maximum absolute atomic E-state index is 12.6. The fraction of sp³-hybridized carbons (Fsp3) is 0.941. The van der Waals surface area contributed by atoms with E-state index in [-0.39, 0.29) is 5.92 Å². The predicted molar refractivity (Wildman–Crippen MR) is 85.3 cm³/mol. The zero-order chi connectivity index (χ0) is 15.1. The Morgan fingerprint density at radius 1 is 1.19 bits per heavy atom. The molecule has 4 heteroatoms. The minimum absolute atomic E-state index is 0.139. The van der Waals surface area contributed by atoms with Crippen LogP contribution in [0.2, 0.25) is 0 Å². The summed E-state index contributed by atoms with van der Waals surface area (Å²) >= 11 is 0. The van der Waals surface area contributed by atoms with Gasteiger partial charge in [-0.25, -0.2) is 0 Å². The molecular weight excluding hydrogens is 264 g/mol. The average molecular weight is 296 g/mol. The average Bonchev–Trinajstić information content (AvgIpc) is 2.55. The number of carbonyl (C=O) groups is 1. The molecule has 0 N–H and O–H groups in total. The lowest BCUT2D eigenvalue weighted by molar-refractivity contribution is -0.137. The summed E-state index contributed by atoms with van der Waals surface area (Å²) < 4.78 is 5.08. The zero-order valence-corrected chi connectivity index (χ0v) is 13.9. The van der Waals surface area contributed by atoms with Crippen molar-refractivity contribution in [1.29, 1.82) is 0 Å². The summed E-state index contributed by atoms with van der Waals surface area (Å²) in [5.41, 5.74) is 0. The fourth-order valence-corrected chi connectivity index (χ4v) is 3.71. The number of rotatable bonds is 6. The van der Waals surface area contributed by atoms with E-state index in [1.807, 2.05) is 0 Å². The van der Waals surface area contributed by atoms with Gasteiger partial charge < -0.3 is 9.64 Å². The second-order valence-electron chi connectivity index (χ2n) is 6.71. The van der Waals surface area contributed by atoms with Crippen LogP contribution < -0.4 is 0 Å². The summed E-state index contributed by atoms with van der Waals surface area (Å²) in [6, 6.07) is 0.606. The second-order valence-corrected chi connectivity index (χ2v) is 6.71. The largest absolute Gasteiger partial charge is 0.385 e. The highest BCUT2D eigenvalue weighted by molar-refractivity contribution is 5.78. The summed E-state index contributed by atoms with van der Waals surface area (Å²) in [7, 11) is 1.72. The molecule has 0 bridgehead atoms. The van der Waals surface area contributed by atoms with Crippen molar-refractivity contribution in [3.05, 3.63) is 0 Å². The minimum Gasteiger partial charge on any atom is -0.385 e. The zero-order valence-electron chi connectivity index (χ0n) is 13.9. The molecule has 2 rings (SSSR count). The van der Waals surface area contributed by atoms with Crippen LogP contribution in [0.4, 0.5) is 0 Å². The number of piperidine rings is 2. The van der Waals surface area contributed by atoms with Crippen LogP contribution in [0.15, 0.2) is 0 Å². The van der Waals surface area contributed by atoms with Crippen molar-refractivity contribution in [3.63, 3.8) is 0 Å². The Hall–Kier alpha value is -0.610. The predicted octanol–water partition coefficient (Wildman–Crippen LogP) is 2.53. The van der Waals surface area contributed by atoms with E-state index in [9.17, 15) is 4.79 Å². The lowest BCUT2D eigenvalue weighted by Gasteiger charge is -2.41. The number of hydrogen-bond donors (Lipinski definition) is 0. The lowest BCUT2D eigenvalue weighted by atomic mass is 9.98. The summed E-state index contributed by atoms with van der Waals surface area (Å²) in [6.07, 6.45) is 8.39. The summed E-state index contributed by atoms with van der Waals surface area (Å²) in [6.45, 7) is 7.20. The van der Waals surface area contributed by atoms with Gasteiger partial charge in [-0.2, -0.15) is 0 Å². The first-order valence-electron chi connectivity index (χ1n) is 8.74. The number of nitrogens with zero attached hydrogens (tertiary/aromatic N) is 2. The van der Waals surface area contributed by atoms with Crippen molar-refractivity contribution in [3.8, 4) is 0 Å². The highest BCUT2D eigenvalue weighted by atomic mass is 16.5. The van der Waals surface area contributed by atoms with E-state index in [1.54, 1.807) is 7.11 Å². The third-order valence-corrected chi connectivity index (χ3v) is 5.02. The Morgan fingerprint density at radius 3 is 2.67 bits per heavy atom. The number of amides is 1. The molecule has 0 saturated carbocycles. The molecule has 0 aromatic heterocycles. The first-order valence-corrected chi connectivity index (χ1v) is 8.74. The molecule has 2 saturated heterocycles. The Bertz CT molecular complexity index is 316. The molecule has 0 aromatic rings. The van der Waals surface area contributed by atoms with Gasteiger partial charge in [0.25, 0.3) is 0 Å². The Labute approximate surface area is 129 Å². The number of likely N-dealkylation sites (tertiary alicyclic amines) is 2. The molecule has 2 atom stereocenters. The van der Waals surface area contributed by atoms with E-state index in [4.69, 9.17) is 4.74 Å². The number of hydrogen-bond acceptors (Lipinski definition) is 3. The van der Waals surface area contributed by atoms with Gasteiger partial charge in [-0.1, -0.05) is 13.3 Å². The van der Waals surface area contributed by atoms with Gasteiger partial charge in [-0.3, -0.25) is 9.69 Å². The van der Waals surface area contributed by atoms with Crippen LogP contribution in [-0.2, 0) is 9.53 Å². The van der Waals surface area contributed by atoms with Gasteiger partial charge in [0.2, 0.25) is 5.91 Å². The Morgan fingerprint density at radius 2 is 1.95 bits per heavy atom. The van der Waals surface area contributed by atoms with Crippen molar-refractivity contribution < 1.29 is 9.53 Å². The summed E-state index contributed by atoms with van der Waals surface area (Å²) in [5.74, 6) is 0.494. The van der Waals surface area contributed by atoms with E-state index in [2.05, 4.69) is 16.7 Å². The lowest BCUT2D eigenvalue weighted by Crippen LogP contribution is -2.52. The van der Waals surface area contributed by atoms with Gasteiger partial charge in [-0.05, 0) is 51.6 Å².